The van der Waals surface area contributed by atoms with E-state index in [0.717, 1.165) is 34.5 Å². The maximum Gasteiger partial charge on any atom is 0.255 e. The zero-order valence-corrected chi connectivity index (χ0v) is 14.8. The molecule has 0 radical (unpaired) electrons. The SMILES string of the molecule is CCCOCc1cc(C(=O)Nc2cc(C)cc(C)c2)ccc1OC. The lowest BCUT2D eigenvalue weighted by Gasteiger charge is -2.12. The Labute approximate surface area is 143 Å². The lowest BCUT2D eigenvalue weighted by molar-refractivity contribution is 0.102. The molecule has 0 bridgehead atoms. The second-order valence-electron chi connectivity index (χ2n) is 5.91. The highest BCUT2D eigenvalue weighted by molar-refractivity contribution is 6.04. The summed E-state index contributed by atoms with van der Waals surface area (Å²) in [5, 5.41) is 2.95. The molecule has 0 aliphatic rings. The van der Waals surface area contributed by atoms with Gasteiger partial charge in [-0.25, -0.2) is 0 Å². The molecule has 0 aliphatic heterocycles. The molecule has 4 heteroatoms. The van der Waals surface area contributed by atoms with Crippen LogP contribution in [-0.2, 0) is 11.3 Å². The largest absolute Gasteiger partial charge is 0.496 e. The van der Waals surface area contributed by atoms with Gasteiger partial charge >= 0.3 is 0 Å². The van der Waals surface area contributed by atoms with Crippen molar-refractivity contribution in [2.45, 2.75) is 33.8 Å². The minimum Gasteiger partial charge on any atom is -0.496 e. The standard InChI is InChI=1S/C20H25NO3/c1-5-8-24-13-17-12-16(6-7-19(17)23-4)20(22)21-18-10-14(2)9-15(3)11-18/h6-7,9-12H,5,8,13H2,1-4H3,(H,21,22). The summed E-state index contributed by atoms with van der Waals surface area (Å²) in [6.07, 6.45) is 0.954. The third kappa shape index (κ3) is 4.83. The van der Waals surface area contributed by atoms with E-state index < -0.39 is 0 Å². The van der Waals surface area contributed by atoms with Crippen molar-refractivity contribution in [1.29, 1.82) is 0 Å². The van der Waals surface area contributed by atoms with E-state index in [1.54, 1.807) is 19.2 Å². The number of nitrogens with one attached hydrogen (secondary N) is 1. The number of methoxy groups -OCH3 is 1. The molecule has 0 saturated heterocycles. The first-order valence-electron chi connectivity index (χ1n) is 8.17. The number of carbonyl (C=O) groups excluding carboxylic acids is 1. The minimum absolute atomic E-state index is 0.139. The maximum absolute atomic E-state index is 12.5. The van der Waals surface area contributed by atoms with Crippen LogP contribution in [0.15, 0.2) is 36.4 Å². The van der Waals surface area contributed by atoms with Gasteiger partial charge in [0.1, 0.15) is 5.75 Å². The van der Waals surface area contributed by atoms with Gasteiger partial charge in [0.15, 0.2) is 0 Å². The van der Waals surface area contributed by atoms with Crippen molar-refractivity contribution in [2.75, 3.05) is 19.0 Å². The number of ether oxygens (including phenoxy) is 2. The van der Waals surface area contributed by atoms with Gasteiger partial charge in [0.05, 0.1) is 13.7 Å². The third-order valence-electron chi connectivity index (χ3n) is 3.63. The van der Waals surface area contributed by atoms with Crippen molar-refractivity contribution in [3.05, 3.63) is 58.7 Å². The van der Waals surface area contributed by atoms with Crippen LogP contribution < -0.4 is 10.1 Å². The number of hydrogen-bond acceptors (Lipinski definition) is 3. The summed E-state index contributed by atoms with van der Waals surface area (Å²) in [5.74, 6) is 0.591. The third-order valence-corrected chi connectivity index (χ3v) is 3.63. The molecule has 0 fully saturated rings. The summed E-state index contributed by atoms with van der Waals surface area (Å²) in [4.78, 5) is 12.5. The monoisotopic (exact) mass is 327 g/mol. The van der Waals surface area contributed by atoms with Gasteiger partial charge in [0.2, 0.25) is 0 Å². The molecular weight excluding hydrogens is 302 g/mol. The summed E-state index contributed by atoms with van der Waals surface area (Å²) in [6.45, 7) is 7.20. The van der Waals surface area contributed by atoms with Crippen molar-refractivity contribution in [1.82, 2.24) is 0 Å². The molecule has 2 aromatic rings. The molecule has 0 spiro atoms. The van der Waals surface area contributed by atoms with Crippen LogP contribution >= 0.6 is 0 Å². The second-order valence-corrected chi connectivity index (χ2v) is 5.91. The Morgan fingerprint density at radius 1 is 1.08 bits per heavy atom. The quantitative estimate of drug-likeness (QED) is 0.762. The average Bonchev–Trinajstić information content (AvgIpc) is 2.54. The fourth-order valence-electron chi connectivity index (χ4n) is 2.61. The summed E-state index contributed by atoms with van der Waals surface area (Å²) < 4.78 is 10.9. The number of rotatable bonds is 7. The Morgan fingerprint density at radius 3 is 2.42 bits per heavy atom. The predicted molar refractivity (Wildman–Crippen MR) is 96.8 cm³/mol. The van der Waals surface area contributed by atoms with E-state index in [1.165, 1.54) is 0 Å². The number of carbonyl (C=O) groups is 1. The van der Waals surface area contributed by atoms with Crippen molar-refractivity contribution < 1.29 is 14.3 Å². The Kier molecular flexibility index (Phi) is 6.38. The van der Waals surface area contributed by atoms with Crippen molar-refractivity contribution in [3.8, 4) is 5.75 Å². The molecule has 0 heterocycles. The van der Waals surface area contributed by atoms with Gasteiger partial charge in [0.25, 0.3) is 5.91 Å². The molecule has 2 rings (SSSR count). The number of benzene rings is 2. The molecule has 0 atom stereocenters. The van der Waals surface area contributed by atoms with E-state index in [1.807, 2.05) is 32.0 Å². The van der Waals surface area contributed by atoms with Gasteiger partial charge in [-0.3, -0.25) is 4.79 Å². The van der Waals surface area contributed by atoms with E-state index in [9.17, 15) is 4.79 Å². The number of aryl methyl sites for hydroxylation is 2. The first-order chi connectivity index (χ1) is 11.5. The lowest BCUT2D eigenvalue weighted by Crippen LogP contribution is -2.13. The molecule has 2 aromatic carbocycles. The molecule has 1 N–H and O–H groups in total. The van der Waals surface area contributed by atoms with Crippen LogP contribution in [0.25, 0.3) is 0 Å². The van der Waals surface area contributed by atoms with Crippen molar-refractivity contribution >= 4 is 11.6 Å². The van der Waals surface area contributed by atoms with Gasteiger partial charge in [0, 0.05) is 23.4 Å². The van der Waals surface area contributed by atoms with Crippen LogP contribution in [0.5, 0.6) is 5.75 Å². The Hall–Kier alpha value is -2.33. The molecule has 24 heavy (non-hydrogen) atoms. The van der Waals surface area contributed by atoms with Crippen LogP contribution in [-0.4, -0.2) is 19.6 Å². The summed E-state index contributed by atoms with van der Waals surface area (Å²) in [7, 11) is 1.62. The van der Waals surface area contributed by atoms with Gasteiger partial charge in [-0.05, 0) is 61.7 Å². The fourth-order valence-corrected chi connectivity index (χ4v) is 2.61. The van der Waals surface area contributed by atoms with Gasteiger partial charge in [-0.1, -0.05) is 13.0 Å². The van der Waals surface area contributed by atoms with E-state index in [4.69, 9.17) is 9.47 Å². The second kappa shape index (κ2) is 8.50. The van der Waals surface area contributed by atoms with Gasteiger partial charge in [-0.2, -0.15) is 0 Å². The number of amides is 1. The van der Waals surface area contributed by atoms with Crippen LogP contribution in [0.2, 0.25) is 0 Å². The van der Waals surface area contributed by atoms with E-state index >= 15 is 0 Å². The molecule has 0 unspecified atom stereocenters. The molecule has 0 aliphatic carbocycles. The smallest absolute Gasteiger partial charge is 0.255 e. The summed E-state index contributed by atoms with van der Waals surface area (Å²) in [5.41, 5.74) is 4.50. The highest BCUT2D eigenvalue weighted by Crippen LogP contribution is 2.22. The fraction of sp³-hybridized carbons (Fsp3) is 0.350. The number of hydrogen-bond donors (Lipinski definition) is 1. The maximum atomic E-state index is 12.5. The first-order valence-corrected chi connectivity index (χ1v) is 8.17. The first kappa shape index (κ1) is 18.0. The Bertz CT molecular complexity index is 690. The van der Waals surface area contributed by atoms with E-state index in [2.05, 4.69) is 18.3 Å². The van der Waals surface area contributed by atoms with Crippen molar-refractivity contribution in [2.24, 2.45) is 0 Å². The average molecular weight is 327 g/mol. The number of anilines is 1. The van der Waals surface area contributed by atoms with Gasteiger partial charge in [-0.15, -0.1) is 0 Å². The van der Waals surface area contributed by atoms with Crippen LogP contribution in [0.3, 0.4) is 0 Å². The molecule has 128 valence electrons. The molecule has 4 nitrogen and oxygen atoms in total. The lowest BCUT2D eigenvalue weighted by atomic mass is 10.1. The minimum atomic E-state index is -0.139. The molecular formula is C20H25NO3. The normalized spacial score (nSPS) is 10.5. The van der Waals surface area contributed by atoms with Crippen molar-refractivity contribution in [3.63, 3.8) is 0 Å². The van der Waals surface area contributed by atoms with Crippen LogP contribution in [0, 0.1) is 13.8 Å². The van der Waals surface area contributed by atoms with Crippen LogP contribution in [0.4, 0.5) is 5.69 Å². The molecule has 0 saturated carbocycles. The zero-order chi connectivity index (χ0) is 17.5. The predicted octanol–water partition coefficient (Wildman–Crippen LogP) is 4.49. The molecule has 1 amide bonds. The summed E-state index contributed by atoms with van der Waals surface area (Å²) in [6, 6.07) is 11.4. The highest BCUT2D eigenvalue weighted by Gasteiger charge is 2.11. The highest BCUT2D eigenvalue weighted by atomic mass is 16.5. The van der Waals surface area contributed by atoms with Gasteiger partial charge < -0.3 is 14.8 Å². The van der Waals surface area contributed by atoms with E-state index in [0.29, 0.717) is 18.8 Å². The topological polar surface area (TPSA) is 47.6 Å². The van der Waals surface area contributed by atoms with Crippen LogP contribution in [0.1, 0.15) is 40.4 Å². The Morgan fingerprint density at radius 2 is 1.79 bits per heavy atom. The Balaban J connectivity index is 2.17. The zero-order valence-electron chi connectivity index (χ0n) is 14.8. The molecule has 0 aromatic heterocycles. The summed E-state index contributed by atoms with van der Waals surface area (Å²) >= 11 is 0. The van der Waals surface area contributed by atoms with E-state index in [-0.39, 0.29) is 5.91 Å².